The van der Waals surface area contributed by atoms with E-state index in [-0.39, 0.29) is 23.4 Å². The van der Waals surface area contributed by atoms with Crippen LogP contribution in [-0.4, -0.2) is 9.97 Å². The van der Waals surface area contributed by atoms with Gasteiger partial charge in [-0.2, -0.15) is 0 Å². The SMILES string of the molecule is CC(C)c1c(N)ncnc1Oc1ccc(F)cc1F. The quantitative estimate of drug-likeness (QED) is 0.925. The van der Waals surface area contributed by atoms with E-state index in [4.69, 9.17) is 10.5 Å². The van der Waals surface area contributed by atoms with Gasteiger partial charge in [-0.05, 0) is 18.1 Å². The standard InChI is InChI=1S/C13H13F2N3O/c1-7(2)11-12(16)17-6-18-13(11)19-10-4-3-8(14)5-9(10)15/h3-7H,1-2H3,(H2,16,17,18). The monoisotopic (exact) mass is 265 g/mol. The summed E-state index contributed by atoms with van der Waals surface area (Å²) in [6.07, 6.45) is 1.23. The van der Waals surface area contributed by atoms with Gasteiger partial charge in [0.1, 0.15) is 18.0 Å². The predicted molar refractivity (Wildman–Crippen MR) is 67.0 cm³/mol. The molecule has 2 N–H and O–H groups in total. The summed E-state index contributed by atoms with van der Waals surface area (Å²) in [4.78, 5) is 7.82. The molecule has 1 heterocycles. The Labute approximate surface area is 109 Å². The van der Waals surface area contributed by atoms with E-state index in [1.54, 1.807) is 0 Å². The number of ether oxygens (including phenoxy) is 1. The van der Waals surface area contributed by atoms with Crippen LogP contribution in [0.1, 0.15) is 25.3 Å². The molecule has 0 bridgehead atoms. The number of hydrogen-bond donors (Lipinski definition) is 1. The number of nitrogen functional groups attached to an aromatic ring is 1. The Morgan fingerprint density at radius 1 is 1.21 bits per heavy atom. The lowest BCUT2D eigenvalue weighted by atomic mass is 10.1. The first-order valence-corrected chi connectivity index (χ1v) is 5.72. The summed E-state index contributed by atoms with van der Waals surface area (Å²) in [6.45, 7) is 3.78. The predicted octanol–water partition coefficient (Wildman–Crippen LogP) is 3.25. The molecule has 0 saturated carbocycles. The Morgan fingerprint density at radius 3 is 2.58 bits per heavy atom. The molecule has 1 aromatic heterocycles. The van der Waals surface area contributed by atoms with E-state index in [0.717, 1.165) is 12.1 Å². The van der Waals surface area contributed by atoms with Gasteiger partial charge in [0, 0.05) is 6.07 Å². The summed E-state index contributed by atoms with van der Waals surface area (Å²) >= 11 is 0. The fraction of sp³-hybridized carbons (Fsp3) is 0.231. The van der Waals surface area contributed by atoms with Gasteiger partial charge in [-0.15, -0.1) is 0 Å². The van der Waals surface area contributed by atoms with Gasteiger partial charge in [-0.25, -0.2) is 18.7 Å². The fourth-order valence-corrected chi connectivity index (χ4v) is 1.68. The molecule has 0 aliphatic carbocycles. The van der Waals surface area contributed by atoms with Crippen LogP contribution < -0.4 is 10.5 Å². The van der Waals surface area contributed by atoms with Crippen molar-refractivity contribution in [2.45, 2.75) is 19.8 Å². The van der Waals surface area contributed by atoms with E-state index in [0.29, 0.717) is 5.56 Å². The number of aromatic nitrogens is 2. The maximum atomic E-state index is 13.5. The van der Waals surface area contributed by atoms with Crippen molar-refractivity contribution in [3.63, 3.8) is 0 Å². The first kappa shape index (κ1) is 13.2. The van der Waals surface area contributed by atoms with Crippen LogP contribution in [0.4, 0.5) is 14.6 Å². The lowest BCUT2D eigenvalue weighted by Gasteiger charge is -2.14. The molecule has 0 radical (unpaired) electrons. The van der Waals surface area contributed by atoms with Crippen molar-refractivity contribution in [2.24, 2.45) is 0 Å². The molecule has 0 aliphatic heterocycles. The number of hydrogen-bond acceptors (Lipinski definition) is 4. The zero-order chi connectivity index (χ0) is 14.0. The third-order valence-electron chi connectivity index (χ3n) is 2.56. The van der Waals surface area contributed by atoms with Gasteiger partial charge in [0.2, 0.25) is 5.88 Å². The van der Waals surface area contributed by atoms with Crippen molar-refractivity contribution < 1.29 is 13.5 Å². The highest BCUT2D eigenvalue weighted by Gasteiger charge is 2.16. The second kappa shape index (κ2) is 5.17. The lowest BCUT2D eigenvalue weighted by Crippen LogP contribution is -2.04. The number of nitrogens with zero attached hydrogens (tertiary/aromatic N) is 2. The Hall–Kier alpha value is -2.24. The number of anilines is 1. The average Bonchev–Trinajstić information content (AvgIpc) is 2.32. The van der Waals surface area contributed by atoms with E-state index in [9.17, 15) is 8.78 Å². The van der Waals surface area contributed by atoms with Crippen LogP contribution in [0.3, 0.4) is 0 Å². The van der Waals surface area contributed by atoms with Gasteiger partial charge in [-0.3, -0.25) is 0 Å². The van der Waals surface area contributed by atoms with Crippen LogP contribution in [0, 0.1) is 11.6 Å². The molecule has 0 saturated heterocycles. The molecule has 6 heteroatoms. The van der Waals surface area contributed by atoms with Crippen molar-refractivity contribution in [3.05, 3.63) is 41.7 Å². The number of nitrogens with two attached hydrogens (primary N) is 1. The smallest absolute Gasteiger partial charge is 0.228 e. The van der Waals surface area contributed by atoms with Crippen molar-refractivity contribution in [3.8, 4) is 11.6 Å². The van der Waals surface area contributed by atoms with Crippen LogP contribution >= 0.6 is 0 Å². The number of rotatable bonds is 3. The molecular formula is C13H13F2N3O. The normalized spacial score (nSPS) is 10.8. The molecule has 4 nitrogen and oxygen atoms in total. The van der Waals surface area contributed by atoms with Gasteiger partial charge < -0.3 is 10.5 Å². The molecule has 2 aromatic rings. The average molecular weight is 265 g/mol. The maximum absolute atomic E-state index is 13.5. The minimum atomic E-state index is -0.799. The maximum Gasteiger partial charge on any atom is 0.228 e. The van der Waals surface area contributed by atoms with E-state index in [1.807, 2.05) is 13.8 Å². The van der Waals surface area contributed by atoms with Crippen LogP contribution in [0.15, 0.2) is 24.5 Å². The van der Waals surface area contributed by atoms with E-state index in [2.05, 4.69) is 9.97 Å². The minimum absolute atomic E-state index is 0.0136. The van der Waals surface area contributed by atoms with Crippen molar-refractivity contribution in [2.75, 3.05) is 5.73 Å². The molecule has 19 heavy (non-hydrogen) atoms. The minimum Gasteiger partial charge on any atom is -0.435 e. The van der Waals surface area contributed by atoms with Crippen LogP contribution in [-0.2, 0) is 0 Å². The Bertz CT molecular complexity index is 602. The summed E-state index contributed by atoms with van der Waals surface area (Å²) in [7, 11) is 0. The summed E-state index contributed by atoms with van der Waals surface area (Å²) < 4.78 is 31.7. The molecule has 1 aromatic carbocycles. The third kappa shape index (κ3) is 2.78. The molecular weight excluding hydrogens is 252 g/mol. The van der Waals surface area contributed by atoms with E-state index in [1.165, 1.54) is 12.4 Å². The molecule has 0 unspecified atom stereocenters. The molecule has 2 rings (SSSR count). The van der Waals surface area contributed by atoms with Crippen LogP contribution in [0.25, 0.3) is 0 Å². The van der Waals surface area contributed by atoms with Crippen molar-refractivity contribution in [1.82, 2.24) is 9.97 Å². The summed E-state index contributed by atoms with van der Waals surface area (Å²) in [6, 6.07) is 3.06. The Kier molecular flexibility index (Phi) is 3.59. The first-order valence-electron chi connectivity index (χ1n) is 5.72. The largest absolute Gasteiger partial charge is 0.435 e. The Morgan fingerprint density at radius 2 is 1.95 bits per heavy atom. The van der Waals surface area contributed by atoms with Gasteiger partial charge >= 0.3 is 0 Å². The summed E-state index contributed by atoms with van der Waals surface area (Å²) in [5.41, 5.74) is 6.34. The summed E-state index contributed by atoms with van der Waals surface area (Å²) in [5, 5.41) is 0. The molecule has 0 amide bonds. The molecule has 0 atom stereocenters. The highest BCUT2D eigenvalue weighted by molar-refractivity contribution is 5.48. The van der Waals surface area contributed by atoms with Gasteiger partial charge in [-0.1, -0.05) is 13.8 Å². The van der Waals surface area contributed by atoms with Crippen LogP contribution in [0.2, 0.25) is 0 Å². The fourth-order valence-electron chi connectivity index (χ4n) is 1.68. The van der Waals surface area contributed by atoms with E-state index < -0.39 is 11.6 Å². The molecule has 0 fully saturated rings. The van der Waals surface area contributed by atoms with Crippen LogP contribution in [0.5, 0.6) is 11.6 Å². The Balaban J connectivity index is 2.41. The van der Waals surface area contributed by atoms with Crippen molar-refractivity contribution >= 4 is 5.82 Å². The first-order chi connectivity index (χ1) is 8.99. The topological polar surface area (TPSA) is 61.0 Å². The highest BCUT2D eigenvalue weighted by Crippen LogP contribution is 2.32. The van der Waals surface area contributed by atoms with E-state index >= 15 is 0 Å². The molecule has 100 valence electrons. The zero-order valence-electron chi connectivity index (χ0n) is 10.5. The number of benzene rings is 1. The third-order valence-corrected chi connectivity index (χ3v) is 2.56. The zero-order valence-corrected chi connectivity index (χ0v) is 10.5. The highest BCUT2D eigenvalue weighted by atomic mass is 19.1. The second-order valence-electron chi connectivity index (χ2n) is 4.31. The van der Waals surface area contributed by atoms with Crippen molar-refractivity contribution in [1.29, 1.82) is 0 Å². The molecule has 0 spiro atoms. The van der Waals surface area contributed by atoms with Gasteiger partial charge in [0.15, 0.2) is 11.6 Å². The lowest BCUT2D eigenvalue weighted by molar-refractivity contribution is 0.416. The summed E-state index contributed by atoms with van der Waals surface area (Å²) in [5.74, 6) is -1.11. The second-order valence-corrected chi connectivity index (χ2v) is 4.31. The molecule has 0 aliphatic rings. The number of halogens is 2. The van der Waals surface area contributed by atoms with Gasteiger partial charge in [0.05, 0.1) is 5.56 Å². The van der Waals surface area contributed by atoms with Gasteiger partial charge in [0.25, 0.3) is 0 Å².